The van der Waals surface area contributed by atoms with Crippen LogP contribution in [0, 0.1) is 11.6 Å². The Morgan fingerprint density at radius 2 is 1.79 bits per heavy atom. The lowest BCUT2D eigenvalue weighted by Gasteiger charge is -2.13. The first kappa shape index (κ1) is 19.6. The van der Waals surface area contributed by atoms with Crippen LogP contribution in [0.3, 0.4) is 0 Å². The van der Waals surface area contributed by atoms with Crippen LogP contribution in [0.4, 0.5) is 26.2 Å². The second kappa shape index (κ2) is 9.18. The molecule has 0 spiro atoms. The Morgan fingerprint density at radius 3 is 2.54 bits per heavy atom. The highest BCUT2D eigenvalue weighted by Crippen LogP contribution is 2.25. The molecule has 0 bridgehead atoms. The fourth-order valence-electron chi connectivity index (χ4n) is 2.59. The second-order valence-corrected chi connectivity index (χ2v) is 6.53. The molecule has 0 aliphatic carbocycles. The Kier molecular flexibility index (Phi) is 6.44. The first-order valence-corrected chi connectivity index (χ1v) is 8.91. The van der Waals surface area contributed by atoms with E-state index in [-0.39, 0.29) is 5.69 Å². The van der Waals surface area contributed by atoms with Gasteiger partial charge in [-0.05, 0) is 51.3 Å². The van der Waals surface area contributed by atoms with Crippen LogP contribution in [0.15, 0.2) is 48.8 Å². The smallest absolute Gasteiger partial charge is 0.225 e. The number of pyridine rings is 1. The summed E-state index contributed by atoms with van der Waals surface area (Å²) in [7, 11) is 4.02. The summed E-state index contributed by atoms with van der Waals surface area (Å²) < 4.78 is 27.5. The lowest BCUT2D eigenvalue weighted by Crippen LogP contribution is -2.17. The molecule has 0 fully saturated rings. The van der Waals surface area contributed by atoms with E-state index in [1.165, 1.54) is 0 Å². The fraction of sp³-hybridized carbons (Fsp3) is 0.250. The maximum Gasteiger partial charge on any atom is 0.225 e. The Bertz CT molecular complexity index is 918. The van der Waals surface area contributed by atoms with Crippen molar-refractivity contribution in [2.45, 2.75) is 6.42 Å². The molecule has 0 saturated heterocycles. The molecular weight excluding hydrogens is 362 g/mol. The normalized spacial score (nSPS) is 10.9. The summed E-state index contributed by atoms with van der Waals surface area (Å²) in [4.78, 5) is 15.0. The second-order valence-electron chi connectivity index (χ2n) is 6.53. The molecule has 1 aromatic carbocycles. The zero-order valence-corrected chi connectivity index (χ0v) is 15.8. The van der Waals surface area contributed by atoms with Crippen molar-refractivity contribution in [3.8, 4) is 11.3 Å². The molecule has 0 unspecified atom stereocenters. The van der Waals surface area contributed by atoms with E-state index in [0.29, 0.717) is 24.0 Å². The summed E-state index contributed by atoms with van der Waals surface area (Å²) in [6.07, 6.45) is 4.25. The molecular formula is C20H22F2N6. The maximum absolute atomic E-state index is 14.0. The molecule has 3 rings (SSSR count). The van der Waals surface area contributed by atoms with Gasteiger partial charge in [-0.1, -0.05) is 0 Å². The molecule has 2 heterocycles. The number of benzene rings is 1. The van der Waals surface area contributed by atoms with Crippen LogP contribution >= 0.6 is 0 Å². The van der Waals surface area contributed by atoms with Gasteiger partial charge in [-0.25, -0.2) is 13.8 Å². The summed E-state index contributed by atoms with van der Waals surface area (Å²) in [5, 5.41) is 6.03. The molecule has 3 aromatic rings. The third-order valence-electron chi connectivity index (χ3n) is 3.96. The van der Waals surface area contributed by atoms with E-state index in [0.717, 1.165) is 36.7 Å². The van der Waals surface area contributed by atoms with Crippen molar-refractivity contribution in [2.24, 2.45) is 0 Å². The topological polar surface area (TPSA) is 66.0 Å². The van der Waals surface area contributed by atoms with Gasteiger partial charge in [-0.2, -0.15) is 4.98 Å². The Hall–Kier alpha value is -3.13. The third-order valence-corrected chi connectivity index (χ3v) is 3.96. The number of nitrogens with zero attached hydrogens (tertiary/aromatic N) is 4. The van der Waals surface area contributed by atoms with E-state index < -0.39 is 11.6 Å². The van der Waals surface area contributed by atoms with E-state index >= 15 is 0 Å². The van der Waals surface area contributed by atoms with Gasteiger partial charge >= 0.3 is 0 Å². The minimum Gasteiger partial charge on any atom is -0.354 e. The molecule has 8 heteroatoms. The highest BCUT2D eigenvalue weighted by Gasteiger charge is 2.10. The van der Waals surface area contributed by atoms with Gasteiger partial charge in [0.1, 0.15) is 17.5 Å². The predicted molar refractivity (Wildman–Crippen MR) is 107 cm³/mol. The highest BCUT2D eigenvalue weighted by atomic mass is 19.1. The Balaban J connectivity index is 1.87. The van der Waals surface area contributed by atoms with Gasteiger partial charge in [-0.3, -0.25) is 4.98 Å². The molecule has 0 saturated carbocycles. The summed E-state index contributed by atoms with van der Waals surface area (Å²) in [5.41, 5.74) is 1.50. The van der Waals surface area contributed by atoms with E-state index in [1.54, 1.807) is 18.5 Å². The molecule has 6 nitrogen and oxygen atoms in total. The van der Waals surface area contributed by atoms with Gasteiger partial charge in [0, 0.05) is 36.6 Å². The number of aromatic nitrogens is 3. The Morgan fingerprint density at radius 1 is 1.00 bits per heavy atom. The van der Waals surface area contributed by atoms with Gasteiger partial charge < -0.3 is 15.5 Å². The lowest BCUT2D eigenvalue weighted by molar-refractivity contribution is 0.405. The summed E-state index contributed by atoms with van der Waals surface area (Å²) in [5.74, 6) is -0.325. The Labute approximate surface area is 162 Å². The van der Waals surface area contributed by atoms with E-state index in [4.69, 9.17) is 0 Å². The van der Waals surface area contributed by atoms with Crippen molar-refractivity contribution in [1.29, 1.82) is 0 Å². The highest BCUT2D eigenvalue weighted by molar-refractivity contribution is 5.67. The van der Waals surface area contributed by atoms with Crippen molar-refractivity contribution in [2.75, 3.05) is 37.8 Å². The minimum absolute atomic E-state index is 0.0120. The molecule has 146 valence electrons. The summed E-state index contributed by atoms with van der Waals surface area (Å²) in [6, 6.07) is 8.57. The lowest BCUT2D eigenvalue weighted by atomic mass is 10.2. The minimum atomic E-state index is -0.564. The predicted octanol–water partition coefficient (Wildman–Crippen LogP) is 3.92. The van der Waals surface area contributed by atoms with E-state index in [9.17, 15) is 8.78 Å². The van der Waals surface area contributed by atoms with Crippen molar-refractivity contribution in [1.82, 2.24) is 19.9 Å². The standard InChI is InChI=1S/C20H22F2N6/c1-28(2)11-3-8-24-20-26-17(14-6-9-23-10-7-14)13-19(27-20)25-18-12-15(21)4-5-16(18)22/h4-7,9-10,12-13H,3,8,11H2,1-2H3,(H2,24,25,26,27). The van der Waals surface area contributed by atoms with Gasteiger partial charge in [-0.15, -0.1) is 0 Å². The molecule has 0 amide bonds. The number of anilines is 3. The fourth-order valence-corrected chi connectivity index (χ4v) is 2.59. The summed E-state index contributed by atoms with van der Waals surface area (Å²) >= 11 is 0. The number of hydrogen-bond acceptors (Lipinski definition) is 6. The maximum atomic E-state index is 14.0. The first-order valence-electron chi connectivity index (χ1n) is 8.91. The van der Waals surface area contributed by atoms with Crippen molar-refractivity contribution >= 4 is 17.5 Å². The number of nitrogens with one attached hydrogen (secondary N) is 2. The van der Waals surface area contributed by atoms with Gasteiger partial charge in [0.25, 0.3) is 0 Å². The average Bonchev–Trinajstić information content (AvgIpc) is 2.68. The molecule has 0 aliphatic rings. The zero-order chi connectivity index (χ0) is 19.9. The number of halogens is 2. The number of hydrogen-bond donors (Lipinski definition) is 2. The monoisotopic (exact) mass is 384 g/mol. The number of rotatable bonds is 8. The summed E-state index contributed by atoms with van der Waals surface area (Å²) in [6.45, 7) is 1.61. The zero-order valence-electron chi connectivity index (χ0n) is 15.8. The van der Waals surface area contributed by atoms with E-state index in [1.807, 2.05) is 26.2 Å². The molecule has 0 radical (unpaired) electrons. The molecule has 0 atom stereocenters. The molecule has 28 heavy (non-hydrogen) atoms. The third kappa shape index (κ3) is 5.43. The first-order chi connectivity index (χ1) is 13.5. The quantitative estimate of drug-likeness (QED) is 0.574. The molecule has 0 aliphatic heterocycles. The SMILES string of the molecule is CN(C)CCCNc1nc(Nc2cc(F)ccc2F)cc(-c2ccncc2)n1. The van der Waals surface area contributed by atoms with Gasteiger partial charge in [0.2, 0.25) is 5.95 Å². The van der Waals surface area contributed by atoms with Crippen molar-refractivity contribution in [3.63, 3.8) is 0 Å². The van der Waals surface area contributed by atoms with Gasteiger partial charge in [0.15, 0.2) is 0 Å². The van der Waals surface area contributed by atoms with Crippen LogP contribution in [0.25, 0.3) is 11.3 Å². The van der Waals surface area contributed by atoms with Crippen molar-refractivity contribution < 1.29 is 8.78 Å². The molecule has 2 N–H and O–H groups in total. The van der Waals surface area contributed by atoms with Crippen LogP contribution in [-0.4, -0.2) is 47.0 Å². The van der Waals surface area contributed by atoms with E-state index in [2.05, 4.69) is 30.5 Å². The van der Waals surface area contributed by atoms with Crippen LogP contribution in [0.5, 0.6) is 0 Å². The van der Waals surface area contributed by atoms with Gasteiger partial charge in [0.05, 0.1) is 11.4 Å². The van der Waals surface area contributed by atoms with Crippen LogP contribution < -0.4 is 10.6 Å². The largest absolute Gasteiger partial charge is 0.354 e. The van der Waals surface area contributed by atoms with Crippen molar-refractivity contribution in [3.05, 3.63) is 60.4 Å². The average molecular weight is 384 g/mol. The van der Waals surface area contributed by atoms with Crippen LogP contribution in [-0.2, 0) is 0 Å². The van der Waals surface area contributed by atoms with Crippen LogP contribution in [0.1, 0.15) is 6.42 Å². The van der Waals surface area contributed by atoms with Crippen LogP contribution in [0.2, 0.25) is 0 Å². The molecule has 2 aromatic heterocycles.